The topological polar surface area (TPSA) is 83.8 Å². The summed E-state index contributed by atoms with van der Waals surface area (Å²) in [5.74, 6) is 2.11. The van der Waals surface area contributed by atoms with E-state index in [9.17, 15) is 4.79 Å². The molecule has 0 aliphatic rings. The van der Waals surface area contributed by atoms with Crippen molar-refractivity contribution in [2.75, 3.05) is 5.32 Å². The summed E-state index contributed by atoms with van der Waals surface area (Å²) in [6, 6.07) is 23.2. The highest BCUT2D eigenvalue weighted by Crippen LogP contribution is 2.30. The first-order chi connectivity index (χ1) is 16.1. The number of carbonyl (C=O) groups excluding carboxylic acids is 1. The number of hydrogen-bond acceptors (Lipinski definition) is 5. The van der Waals surface area contributed by atoms with E-state index in [1.165, 1.54) is 0 Å². The van der Waals surface area contributed by atoms with E-state index in [2.05, 4.69) is 20.4 Å². The number of hydrogen-bond donors (Lipinski definition) is 2. The monoisotopic (exact) mass is 454 g/mol. The number of carbonyl (C=O) groups is 1. The lowest BCUT2D eigenvalue weighted by Gasteiger charge is -2.11. The van der Waals surface area contributed by atoms with Gasteiger partial charge in [0, 0.05) is 27.5 Å². The molecule has 1 amide bonds. The molecule has 0 atom stereocenters. The van der Waals surface area contributed by atoms with Crippen LogP contribution >= 0.6 is 11.8 Å². The SMILES string of the molecule is Cc1noc(C)c1CSc1ccccc1C(=O)Nc1cccc(-c2nc3ccccc3[nH]2)c1. The first-order valence-corrected chi connectivity index (χ1v) is 11.6. The highest BCUT2D eigenvalue weighted by atomic mass is 32.2. The van der Waals surface area contributed by atoms with Crippen LogP contribution in [0.1, 0.15) is 27.4 Å². The molecule has 6 nitrogen and oxygen atoms in total. The van der Waals surface area contributed by atoms with Gasteiger partial charge in [-0.1, -0.05) is 41.6 Å². The van der Waals surface area contributed by atoms with E-state index in [1.54, 1.807) is 11.8 Å². The molecule has 0 aliphatic carbocycles. The van der Waals surface area contributed by atoms with Gasteiger partial charge in [0.05, 0.1) is 22.3 Å². The van der Waals surface area contributed by atoms with E-state index in [-0.39, 0.29) is 5.91 Å². The second-order valence-corrected chi connectivity index (χ2v) is 8.74. The number of thioether (sulfide) groups is 1. The summed E-state index contributed by atoms with van der Waals surface area (Å²) >= 11 is 1.60. The predicted octanol–water partition coefficient (Wildman–Crippen LogP) is 6.38. The number of nitrogens with one attached hydrogen (secondary N) is 2. The Bertz CT molecular complexity index is 1400. The summed E-state index contributed by atoms with van der Waals surface area (Å²) in [5.41, 5.74) is 6.08. The van der Waals surface area contributed by atoms with Crippen LogP contribution in [0.3, 0.4) is 0 Å². The maximum atomic E-state index is 13.1. The molecule has 5 aromatic rings. The summed E-state index contributed by atoms with van der Waals surface area (Å²) in [7, 11) is 0. The van der Waals surface area contributed by atoms with E-state index in [1.807, 2.05) is 86.6 Å². The van der Waals surface area contributed by atoms with Crippen LogP contribution in [-0.4, -0.2) is 21.0 Å². The molecule has 2 aromatic heterocycles. The normalized spacial score (nSPS) is 11.1. The third kappa shape index (κ3) is 4.40. The van der Waals surface area contributed by atoms with Gasteiger partial charge in [0.25, 0.3) is 5.91 Å². The Kier molecular flexibility index (Phi) is 5.71. The minimum Gasteiger partial charge on any atom is -0.361 e. The number of anilines is 1. The van der Waals surface area contributed by atoms with E-state index >= 15 is 0 Å². The summed E-state index contributed by atoms with van der Waals surface area (Å²) in [5, 5.41) is 7.05. The van der Waals surface area contributed by atoms with Crippen LogP contribution in [0.4, 0.5) is 5.69 Å². The molecule has 5 rings (SSSR count). The lowest BCUT2D eigenvalue weighted by molar-refractivity contribution is 0.102. The molecule has 2 N–H and O–H groups in total. The third-order valence-electron chi connectivity index (χ3n) is 5.47. The van der Waals surface area contributed by atoms with Gasteiger partial charge in [0.15, 0.2) is 0 Å². The third-order valence-corrected chi connectivity index (χ3v) is 6.57. The second-order valence-electron chi connectivity index (χ2n) is 7.73. The van der Waals surface area contributed by atoms with Crippen LogP contribution < -0.4 is 5.32 Å². The van der Waals surface area contributed by atoms with Crippen molar-refractivity contribution in [3.63, 3.8) is 0 Å². The van der Waals surface area contributed by atoms with Crippen molar-refractivity contribution in [1.29, 1.82) is 0 Å². The lowest BCUT2D eigenvalue weighted by Crippen LogP contribution is -2.13. The quantitative estimate of drug-likeness (QED) is 0.291. The first kappa shape index (κ1) is 21.0. The molecule has 33 heavy (non-hydrogen) atoms. The maximum Gasteiger partial charge on any atom is 0.256 e. The van der Waals surface area contributed by atoms with Crippen molar-refractivity contribution in [1.82, 2.24) is 15.1 Å². The standard InChI is InChI=1S/C26H22N4O2S/c1-16-21(17(2)32-30-16)15-33-24-13-6-3-10-20(24)26(31)27-19-9-7-8-18(14-19)25-28-22-11-4-5-12-23(22)29-25/h3-14H,15H2,1-2H3,(H,27,31)(H,28,29). The van der Waals surface area contributed by atoms with Crippen molar-refractivity contribution in [2.24, 2.45) is 0 Å². The number of fused-ring (bicyclic) bond motifs is 1. The van der Waals surface area contributed by atoms with Crippen LogP contribution in [0, 0.1) is 13.8 Å². The number of benzene rings is 3. The number of aromatic nitrogens is 3. The lowest BCUT2D eigenvalue weighted by atomic mass is 10.1. The number of imidazole rings is 1. The zero-order chi connectivity index (χ0) is 22.8. The van der Waals surface area contributed by atoms with Gasteiger partial charge in [-0.15, -0.1) is 11.8 Å². The van der Waals surface area contributed by atoms with Crippen molar-refractivity contribution in [3.05, 3.63) is 95.4 Å². The van der Waals surface area contributed by atoms with Gasteiger partial charge in [0.2, 0.25) is 0 Å². The van der Waals surface area contributed by atoms with Gasteiger partial charge < -0.3 is 14.8 Å². The number of nitrogens with zero attached hydrogens (tertiary/aromatic N) is 2. The Morgan fingerprint density at radius 3 is 2.67 bits per heavy atom. The molecular formula is C26H22N4O2S. The molecule has 0 spiro atoms. The summed E-state index contributed by atoms with van der Waals surface area (Å²) in [6.45, 7) is 3.84. The highest BCUT2D eigenvalue weighted by Gasteiger charge is 2.15. The van der Waals surface area contributed by atoms with Crippen LogP contribution in [-0.2, 0) is 5.75 Å². The maximum absolute atomic E-state index is 13.1. The van der Waals surface area contributed by atoms with Crippen LogP contribution in [0.15, 0.2) is 82.2 Å². The Balaban J connectivity index is 1.35. The number of amides is 1. The summed E-state index contributed by atoms with van der Waals surface area (Å²) in [6.07, 6.45) is 0. The predicted molar refractivity (Wildman–Crippen MR) is 131 cm³/mol. The minimum absolute atomic E-state index is 0.154. The zero-order valence-electron chi connectivity index (χ0n) is 18.3. The molecule has 0 unspecified atom stereocenters. The number of aryl methyl sites for hydroxylation is 2. The Morgan fingerprint density at radius 2 is 1.85 bits per heavy atom. The van der Waals surface area contributed by atoms with Crippen molar-refractivity contribution >= 4 is 34.4 Å². The van der Waals surface area contributed by atoms with Gasteiger partial charge in [-0.25, -0.2) is 4.98 Å². The minimum atomic E-state index is -0.154. The fourth-order valence-electron chi connectivity index (χ4n) is 3.67. The van der Waals surface area contributed by atoms with E-state index < -0.39 is 0 Å². The summed E-state index contributed by atoms with van der Waals surface area (Å²) in [4.78, 5) is 22.0. The Hall–Kier alpha value is -3.84. The van der Waals surface area contributed by atoms with Gasteiger partial charge in [-0.2, -0.15) is 0 Å². The average molecular weight is 455 g/mol. The van der Waals surface area contributed by atoms with E-state index in [0.717, 1.165) is 44.3 Å². The molecule has 0 aliphatic heterocycles. The fraction of sp³-hybridized carbons (Fsp3) is 0.115. The molecule has 7 heteroatoms. The summed E-state index contributed by atoms with van der Waals surface area (Å²) < 4.78 is 5.26. The molecule has 3 aromatic carbocycles. The second kappa shape index (κ2) is 8.96. The highest BCUT2D eigenvalue weighted by molar-refractivity contribution is 7.98. The Morgan fingerprint density at radius 1 is 1.03 bits per heavy atom. The largest absolute Gasteiger partial charge is 0.361 e. The molecule has 0 saturated carbocycles. The fourth-order valence-corrected chi connectivity index (χ4v) is 4.87. The molecule has 0 saturated heterocycles. The molecule has 0 fully saturated rings. The molecule has 0 radical (unpaired) electrons. The molecule has 164 valence electrons. The van der Waals surface area contributed by atoms with Gasteiger partial charge in [-0.3, -0.25) is 4.79 Å². The van der Waals surface area contributed by atoms with Gasteiger partial charge in [-0.05, 0) is 50.2 Å². The number of rotatable bonds is 6. The van der Waals surface area contributed by atoms with Crippen LogP contribution in [0.25, 0.3) is 22.4 Å². The average Bonchev–Trinajstić information content (AvgIpc) is 3.41. The molecule has 2 heterocycles. The van der Waals surface area contributed by atoms with Gasteiger partial charge in [0.1, 0.15) is 11.6 Å². The molecular weight excluding hydrogens is 432 g/mol. The Labute approximate surface area is 195 Å². The smallest absolute Gasteiger partial charge is 0.256 e. The van der Waals surface area contributed by atoms with Crippen molar-refractivity contribution in [2.45, 2.75) is 24.5 Å². The zero-order valence-corrected chi connectivity index (χ0v) is 19.1. The number of H-pyrrole nitrogens is 1. The number of para-hydroxylation sites is 2. The van der Waals surface area contributed by atoms with Crippen LogP contribution in [0.2, 0.25) is 0 Å². The van der Waals surface area contributed by atoms with Crippen LogP contribution in [0.5, 0.6) is 0 Å². The molecule has 0 bridgehead atoms. The first-order valence-electron chi connectivity index (χ1n) is 10.6. The number of aromatic amines is 1. The van der Waals surface area contributed by atoms with E-state index in [0.29, 0.717) is 17.0 Å². The van der Waals surface area contributed by atoms with E-state index in [4.69, 9.17) is 4.52 Å². The van der Waals surface area contributed by atoms with Crippen molar-refractivity contribution in [3.8, 4) is 11.4 Å². The van der Waals surface area contributed by atoms with Gasteiger partial charge >= 0.3 is 0 Å². The van der Waals surface area contributed by atoms with Crippen molar-refractivity contribution < 1.29 is 9.32 Å².